The zero-order valence-corrected chi connectivity index (χ0v) is 14.4. The number of hydrogen-bond acceptors (Lipinski definition) is 1. The van der Waals surface area contributed by atoms with Crippen molar-refractivity contribution in [2.75, 3.05) is 5.32 Å². The van der Waals surface area contributed by atoms with Gasteiger partial charge in [0.15, 0.2) is 0 Å². The SMILES string of the molecule is CCCCc1ccc(NCc2ccc(C(C)(C)C)cc2)cc1. The van der Waals surface area contributed by atoms with E-state index < -0.39 is 0 Å². The first kappa shape index (κ1) is 16.6. The molecule has 0 atom stereocenters. The summed E-state index contributed by atoms with van der Waals surface area (Å²) >= 11 is 0. The molecule has 0 aliphatic carbocycles. The molecule has 0 spiro atoms. The van der Waals surface area contributed by atoms with Gasteiger partial charge in [-0.15, -0.1) is 0 Å². The average Bonchev–Trinajstić information content (AvgIpc) is 2.51. The molecule has 0 amide bonds. The second-order valence-corrected chi connectivity index (χ2v) is 7.10. The molecule has 1 N–H and O–H groups in total. The van der Waals surface area contributed by atoms with Crippen LogP contribution in [0.4, 0.5) is 5.69 Å². The molecule has 2 aromatic carbocycles. The lowest BCUT2D eigenvalue weighted by atomic mass is 9.87. The van der Waals surface area contributed by atoms with Crippen LogP contribution in [0.25, 0.3) is 0 Å². The van der Waals surface area contributed by atoms with E-state index in [4.69, 9.17) is 0 Å². The fraction of sp³-hybridized carbons (Fsp3) is 0.429. The summed E-state index contributed by atoms with van der Waals surface area (Å²) in [6, 6.07) is 17.8. The molecule has 0 radical (unpaired) electrons. The molecule has 0 bridgehead atoms. The number of nitrogens with one attached hydrogen (secondary N) is 1. The van der Waals surface area contributed by atoms with E-state index in [1.54, 1.807) is 0 Å². The lowest BCUT2D eigenvalue weighted by Crippen LogP contribution is -2.11. The Bertz CT molecular complexity index is 558. The number of rotatable bonds is 6. The summed E-state index contributed by atoms with van der Waals surface area (Å²) in [6.45, 7) is 9.86. The Labute approximate surface area is 135 Å². The average molecular weight is 295 g/mol. The molecule has 22 heavy (non-hydrogen) atoms. The first-order valence-electron chi connectivity index (χ1n) is 8.41. The summed E-state index contributed by atoms with van der Waals surface area (Å²) in [5.74, 6) is 0. The van der Waals surface area contributed by atoms with Gasteiger partial charge in [-0.3, -0.25) is 0 Å². The summed E-state index contributed by atoms with van der Waals surface area (Å²) in [7, 11) is 0. The van der Waals surface area contributed by atoms with E-state index in [-0.39, 0.29) is 5.41 Å². The predicted molar refractivity (Wildman–Crippen MR) is 97.5 cm³/mol. The molecule has 2 aromatic rings. The molecule has 118 valence electrons. The Kier molecular flexibility index (Phi) is 5.65. The molecule has 0 fully saturated rings. The molecule has 0 saturated heterocycles. The quantitative estimate of drug-likeness (QED) is 0.695. The highest BCUT2D eigenvalue weighted by Crippen LogP contribution is 2.22. The van der Waals surface area contributed by atoms with Gasteiger partial charge in [0, 0.05) is 12.2 Å². The van der Waals surface area contributed by atoms with E-state index in [0.717, 1.165) is 6.54 Å². The van der Waals surface area contributed by atoms with Crippen LogP contribution >= 0.6 is 0 Å². The number of aryl methyl sites for hydroxylation is 1. The highest BCUT2D eigenvalue weighted by atomic mass is 14.9. The molecule has 0 aliphatic rings. The fourth-order valence-corrected chi connectivity index (χ4v) is 2.50. The van der Waals surface area contributed by atoms with Gasteiger partial charge >= 0.3 is 0 Å². The minimum Gasteiger partial charge on any atom is -0.381 e. The normalized spacial score (nSPS) is 11.5. The van der Waals surface area contributed by atoms with Crippen molar-refractivity contribution in [1.29, 1.82) is 0 Å². The van der Waals surface area contributed by atoms with Crippen molar-refractivity contribution in [2.45, 2.75) is 58.9 Å². The van der Waals surface area contributed by atoms with E-state index in [0.29, 0.717) is 0 Å². The molecule has 0 unspecified atom stereocenters. The molecule has 0 saturated carbocycles. The van der Waals surface area contributed by atoms with Gasteiger partial charge in [0.25, 0.3) is 0 Å². The first-order valence-corrected chi connectivity index (χ1v) is 8.41. The second-order valence-electron chi connectivity index (χ2n) is 7.10. The van der Waals surface area contributed by atoms with Crippen LogP contribution in [0.1, 0.15) is 57.2 Å². The predicted octanol–water partition coefficient (Wildman–Crippen LogP) is 5.94. The maximum atomic E-state index is 3.50. The lowest BCUT2D eigenvalue weighted by Gasteiger charge is -2.19. The summed E-state index contributed by atoms with van der Waals surface area (Å²) < 4.78 is 0. The van der Waals surface area contributed by atoms with Crippen LogP contribution in [-0.2, 0) is 18.4 Å². The largest absolute Gasteiger partial charge is 0.381 e. The smallest absolute Gasteiger partial charge is 0.0400 e. The van der Waals surface area contributed by atoms with E-state index in [1.807, 2.05) is 0 Å². The minimum absolute atomic E-state index is 0.222. The Morgan fingerprint density at radius 1 is 0.818 bits per heavy atom. The topological polar surface area (TPSA) is 12.0 Å². The Morgan fingerprint density at radius 3 is 1.95 bits per heavy atom. The molecular weight excluding hydrogens is 266 g/mol. The van der Waals surface area contributed by atoms with Gasteiger partial charge in [-0.05, 0) is 47.1 Å². The maximum absolute atomic E-state index is 3.50. The van der Waals surface area contributed by atoms with Crippen molar-refractivity contribution >= 4 is 5.69 Å². The highest BCUT2D eigenvalue weighted by molar-refractivity contribution is 5.45. The van der Waals surface area contributed by atoms with Crippen LogP contribution in [0, 0.1) is 0 Å². The third-order valence-electron chi connectivity index (χ3n) is 4.09. The van der Waals surface area contributed by atoms with Crippen molar-refractivity contribution in [2.24, 2.45) is 0 Å². The van der Waals surface area contributed by atoms with Crippen molar-refractivity contribution in [3.8, 4) is 0 Å². The molecule has 1 heteroatoms. The third-order valence-corrected chi connectivity index (χ3v) is 4.09. The minimum atomic E-state index is 0.222. The van der Waals surface area contributed by atoms with Crippen LogP contribution in [0.3, 0.4) is 0 Å². The van der Waals surface area contributed by atoms with E-state index >= 15 is 0 Å². The van der Waals surface area contributed by atoms with Gasteiger partial charge in [-0.25, -0.2) is 0 Å². The Hall–Kier alpha value is -1.76. The number of anilines is 1. The highest BCUT2D eigenvalue weighted by Gasteiger charge is 2.12. The van der Waals surface area contributed by atoms with Crippen molar-refractivity contribution in [1.82, 2.24) is 0 Å². The van der Waals surface area contributed by atoms with Crippen LogP contribution < -0.4 is 5.32 Å². The number of benzene rings is 2. The van der Waals surface area contributed by atoms with E-state index in [1.165, 1.54) is 41.6 Å². The molecule has 0 aromatic heterocycles. The molecule has 0 aliphatic heterocycles. The molecular formula is C21H29N. The second kappa shape index (κ2) is 7.49. The summed E-state index contributed by atoms with van der Waals surface area (Å²) in [5, 5.41) is 3.50. The van der Waals surface area contributed by atoms with Crippen LogP contribution in [0.5, 0.6) is 0 Å². The molecule has 1 nitrogen and oxygen atoms in total. The van der Waals surface area contributed by atoms with Gasteiger partial charge < -0.3 is 5.32 Å². The van der Waals surface area contributed by atoms with Gasteiger partial charge in [-0.2, -0.15) is 0 Å². The van der Waals surface area contributed by atoms with Gasteiger partial charge in [0.1, 0.15) is 0 Å². The Morgan fingerprint density at radius 2 is 1.41 bits per heavy atom. The molecule has 0 heterocycles. The summed E-state index contributed by atoms with van der Waals surface area (Å²) in [5.41, 5.74) is 5.56. The van der Waals surface area contributed by atoms with Crippen molar-refractivity contribution in [3.63, 3.8) is 0 Å². The maximum Gasteiger partial charge on any atom is 0.0400 e. The monoisotopic (exact) mass is 295 g/mol. The van der Waals surface area contributed by atoms with E-state index in [2.05, 4.69) is 81.5 Å². The Balaban J connectivity index is 1.90. The standard InChI is InChI=1S/C21H29N/c1-5-6-7-17-10-14-20(15-11-17)22-16-18-8-12-19(13-9-18)21(2,3)4/h8-15,22H,5-7,16H2,1-4H3. The van der Waals surface area contributed by atoms with Gasteiger partial charge in [0.2, 0.25) is 0 Å². The lowest BCUT2D eigenvalue weighted by molar-refractivity contribution is 0.590. The number of unbranched alkanes of at least 4 members (excludes halogenated alkanes) is 1. The summed E-state index contributed by atoms with van der Waals surface area (Å²) in [4.78, 5) is 0. The van der Waals surface area contributed by atoms with Crippen LogP contribution in [0.2, 0.25) is 0 Å². The number of hydrogen-bond donors (Lipinski definition) is 1. The zero-order valence-electron chi connectivity index (χ0n) is 14.4. The van der Waals surface area contributed by atoms with E-state index in [9.17, 15) is 0 Å². The van der Waals surface area contributed by atoms with Crippen molar-refractivity contribution < 1.29 is 0 Å². The van der Waals surface area contributed by atoms with Crippen molar-refractivity contribution in [3.05, 3.63) is 65.2 Å². The van der Waals surface area contributed by atoms with Crippen LogP contribution in [-0.4, -0.2) is 0 Å². The van der Waals surface area contributed by atoms with Gasteiger partial charge in [0.05, 0.1) is 0 Å². The molecule has 2 rings (SSSR count). The zero-order chi connectivity index (χ0) is 16.0. The van der Waals surface area contributed by atoms with Crippen LogP contribution in [0.15, 0.2) is 48.5 Å². The fourth-order valence-electron chi connectivity index (χ4n) is 2.50. The summed E-state index contributed by atoms with van der Waals surface area (Å²) in [6.07, 6.45) is 3.71. The third kappa shape index (κ3) is 4.91. The van der Waals surface area contributed by atoms with Gasteiger partial charge in [-0.1, -0.05) is 70.5 Å². The first-order chi connectivity index (χ1) is 10.5.